The van der Waals surface area contributed by atoms with Gasteiger partial charge in [0, 0.05) is 17.7 Å². The lowest BCUT2D eigenvalue weighted by atomic mass is 9.78. The van der Waals surface area contributed by atoms with Crippen LogP contribution in [0.2, 0.25) is 0 Å². The number of anilines is 2. The molecule has 0 amide bonds. The molecular formula is C35H34N2O4. The van der Waals surface area contributed by atoms with Crippen LogP contribution in [0.4, 0.5) is 11.4 Å². The third-order valence-corrected chi connectivity index (χ3v) is 7.71. The van der Waals surface area contributed by atoms with Gasteiger partial charge in [-0.1, -0.05) is 60.7 Å². The van der Waals surface area contributed by atoms with Gasteiger partial charge in [0.2, 0.25) is 0 Å². The quantitative estimate of drug-likeness (QED) is 0.237. The zero-order valence-corrected chi connectivity index (χ0v) is 23.4. The molecule has 0 aromatic heterocycles. The van der Waals surface area contributed by atoms with Gasteiger partial charge >= 0.3 is 0 Å². The molecule has 0 saturated heterocycles. The maximum atomic E-state index is 14.0. The molecule has 2 aliphatic rings. The number of ether oxygens (including phenoxy) is 3. The molecule has 6 nitrogen and oxygen atoms in total. The number of benzene rings is 4. The number of rotatable bonds is 8. The summed E-state index contributed by atoms with van der Waals surface area (Å²) in [6.45, 7) is 2.99. The predicted molar refractivity (Wildman–Crippen MR) is 162 cm³/mol. The number of hydrogen-bond acceptors (Lipinski definition) is 6. The van der Waals surface area contributed by atoms with E-state index in [0.29, 0.717) is 37.6 Å². The molecule has 2 unspecified atom stereocenters. The van der Waals surface area contributed by atoms with Crippen molar-refractivity contribution in [3.63, 3.8) is 0 Å². The van der Waals surface area contributed by atoms with E-state index in [4.69, 9.17) is 14.2 Å². The van der Waals surface area contributed by atoms with E-state index in [-0.39, 0.29) is 17.7 Å². The number of carbonyl (C=O) groups is 1. The Morgan fingerprint density at radius 2 is 1.59 bits per heavy atom. The average Bonchev–Trinajstić information content (AvgIpc) is 3.18. The lowest BCUT2D eigenvalue weighted by Crippen LogP contribution is -2.27. The third kappa shape index (κ3) is 5.64. The average molecular weight is 547 g/mol. The Balaban J connectivity index is 1.34. The minimum atomic E-state index is -0.315. The Labute approximate surface area is 241 Å². The maximum absolute atomic E-state index is 14.0. The number of nitrogens with one attached hydrogen (secondary N) is 2. The zero-order valence-electron chi connectivity index (χ0n) is 23.4. The fourth-order valence-corrected chi connectivity index (χ4v) is 5.72. The van der Waals surface area contributed by atoms with E-state index < -0.39 is 0 Å². The van der Waals surface area contributed by atoms with E-state index in [1.807, 2.05) is 97.9 Å². The number of ketones is 1. The lowest BCUT2D eigenvalue weighted by Gasteiger charge is -2.30. The van der Waals surface area contributed by atoms with Crippen molar-refractivity contribution in [1.29, 1.82) is 0 Å². The first kappa shape index (κ1) is 26.5. The molecule has 1 aliphatic carbocycles. The second kappa shape index (κ2) is 11.8. The standard InChI is InChI=1S/C35H34N2O4/c1-3-40-32-17-16-24(21-33(32)39-2)26-19-30-34(31(38)20-26)35(37-29-15-8-7-14-28(29)36-30)25-12-9-13-27(18-25)41-22-23-10-5-4-6-11-23/h4-18,21,26,35-37H,3,19-20,22H2,1-2H3. The molecule has 0 fully saturated rings. The van der Waals surface area contributed by atoms with Crippen LogP contribution >= 0.6 is 0 Å². The number of methoxy groups -OCH3 is 1. The first-order valence-electron chi connectivity index (χ1n) is 14.1. The van der Waals surface area contributed by atoms with Crippen LogP contribution in [-0.2, 0) is 11.4 Å². The summed E-state index contributed by atoms with van der Waals surface area (Å²) in [5, 5.41) is 7.29. The first-order valence-corrected chi connectivity index (χ1v) is 14.1. The van der Waals surface area contributed by atoms with Gasteiger partial charge in [0.25, 0.3) is 0 Å². The smallest absolute Gasteiger partial charge is 0.163 e. The topological polar surface area (TPSA) is 68.8 Å². The summed E-state index contributed by atoms with van der Waals surface area (Å²) in [6, 6.07) is 31.9. The summed E-state index contributed by atoms with van der Waals surface area (Å²) < 4.78 is 17.5. The molecule has 41 heavy (non-hydrogen) atoms. The number of allylic oxidation sites excluding steroid dienone is 1. The van der Waals surface area contributed by atoms with Crippen LogP contribution < -0.4 is 24.8 Å². The maximum Gasteiger partial charge on any atom is 0.163 e. The molecule has 2 atom stereocenters. The van der Waals surface area contributed by atoms with Gasteiger partial charge in [0.05, 0.1) is 31.1 Å². The van der Waals surface area contributed by atoms with Crippen LogP contribution in [0.3, 0.4) is 0 Å². The molecule has 0 radical (unpaired) electrons. The summed E-state index contributed by atoms with van der Waals surface area (Å²) in [6.07, 6.45) is 1.12. The largest absolute Gasteiger partial charge is 0.493 e. The highest BCUT2D eigenvalue weighted by atomic mass is 16.5. The molecular weight excluding hydrogens is 512 g/mol. The molecule has 0 spiro atoms. The van der Waals surface area contributed by atoms with Crippen molar-refractivity contribution in [2.45, 2.75) is 38.3 Å². The predicted octanol–water partition coefficient (Wildman–Crippen LogP) is 7.65. The number of fused-ring (bicyclic) bond motifs is 1. The van der Waals surface area contributed by atoms with Crippen molar-refractivity contribution in [3.8, 4) is 17.2 Å². The van der Waals surface area contributed by atoms with E-state index >= 15 is 0 Å². The second-order valence-electron chi connectivity index (χ2n) is 10.4. The molecule has 0 saturated carbocycles. The summed E-state index contributed by atoms with van der Waals surface area (Å²) >= 11 is 0. The molecule has 2 N–H and O–H groups in total. The molecule has 6 heteroatoms. The second-order valence-corrected chi connectivity index (χ2v) is 10.4. The van der Waals surface area contributed by atoms with Crippen LogP contribution in [0.15, 0.2) is 108 Å². The number of para-hydroxylation sites is 2. The van der Waals surface area contributed by atoms with Crippen LogP contribution in [-0.4, -0.2) is 19.5 Å². The van der Waals surface area contributed by atoms with Gasteiger partial charge < -0.3 is 24.8 Å². The number of Topliss-reactive ketones (excluding diaryl/α,β-unsaturated/α-hetero) is 1. The van der Waals surface area contributed by atoms with Gasteiger partial charge in [-0.2, -0.15) is 0 Å². The lowest BCUT2D eigenvalue weighted by molar-refractivity contribution is -0.116. The van der Waals surface area contributed by atoms with Crippen LogP contribution in [0.25, 0.3) is 0 Å². The summed E-state index contributed by atoms with van der Waals surface area (Å²) in [5.74, 6) is 2.30. The highest BCUT2D eigenvalue weighted by Gasteiger charge is 2.36. The Bertz CT molecular complexity index is 1580. The normalized spacial score (nSPS) is 17.9. The van der Waals surface area contributed by atoms with Gasteiger partial charge in [-0.3, -0.25) is 4.79 Å². The van der Waals surface area contributed by atoms with E-state index in [0.717, 1.165) is 45.1 Å². The van der Waals surface area contributed by atoms with Gasteiger partial charge in [-0.15, -0.1) is 0 Å². The van der Waals surface area contributed by atoms with Crippen molar-refractivity contribution in [2.24, 2.45) is 0 Å². The molecule has 0 bridgehead atoms. The minimum Gasteiger partial charge on any atom is -0.493 e. The Morgan fingerprint density at radius 1 is 0.780 bits per heavy atom. The summed E-state index contributed by atoms with van der Waals surface area (Å²) in [5.41, 5.74) is 6.77. The number of carbonyl (C=O) groups excluding carboxylic acids is 1. The van der Waals surface area contributed by atoms with E-state index in [1.54, 1.807) is 7.11 Å². The first-order chi connectivity index (χ1) is 20.1. The fraction of sp³-hybridized carbons (Fsp3) is 0.229. The fourth-order valence-electron chi connectivity index (χ4n) is 5.72. The zero-order chi connectivity index (χ0) is 28.2. The SMILES string of the molecule is CCOc1ccc(C2CC(=O)C3=C(C2)Nc2ccccc2NC3c2cccc(OCc3ccccc3)c2)cc1OC. The summed E-state index contributed by atoms with van der Waals surface area (Å²) in [4.78, 5) is 14.0. The van der Waals surface area contributed by atoms with E-state index in [1.165, 1.54) is 0 Å². The van der Waals surface area contributed by atoms with E-state index in [9.17, 15) is 4.79 Å². The Hall–Kier alpha value is -4.71. The van der Waals surface area contributed by atoms with Gasteiger partial charge in [0.15, 0.2) is 17.3 Å². The van der Waals surface area contributed by atoms with Crippen molar-refractivity contribution >= 4 is 17.2 Å². The third-order valence-electron chi connectivity index (χ3n) is 7.71. The molecule has 6 rings (SSSR count). The number of hydrogen-bond donors (Lipinski definition) is 2. The van der Waals surface area contributed by atoms with Crippen molar-refractivity contribution in [3.05, 3.63) is 125 Å². The van der Waals surface area contributed by atoms with Crippen LogP contribution in [0.1, 0.15) is 48.4 Å². The molecule has 4 aromatic carbocycles. The van der Waals surface area contributed by atoms with E-state index in [2.05, 4.69) is 16.7 Å². The van der Waals surface area contributed by atoms with Crippen molar-refractivity contribution in [1.82, 2.24) is 0 Å². The Kier molecular flexibility index (Phi) is 7.63. The van der Waals surface area contributed by atoms with Gasteiger partial charge in [0.1, 0.15) is 12.4 Å². The molecule has 1 aliphatic heterocycles. The van der Waals surface area contributed by atoms with Crippen molar-refractivity contribution in [2.75, 3.05) is 24.4 Å². The van der Waals surface area contributed by atoms with Crippen LogP contribution in [0.5, 0.6) is 17.2 Å². The highest BCUT2D eigenvalue weighted by molar-refractivity contribution is 6.01. The molecule has 1 heterocycles. The highest BCUT2D eigenvalue weighted by Crippen LogP contribution is 2.45. The summed E-state index contributed by atoms with van der Waals surface area (Å²) in [7, 11) is 1.64. The Morgan fingerprint density at radius 3 is 2.39 bits per heavy atom. The van der Waals surface area contributed by atoms with Gasteiger partial charge in [-0.25, -0.2) is 0 Å². The molecule has 4 aromatic rings. The minimum absolute atomic E-state index is 0.0183. The van der Waals surface area contributed by atoms with Crippen LogP contribution in [0, 0.1) is 0 Å². The van der Waals surface area contributed by atoms with Gasteiger partial charge in [-0.05, 0) is 72.4 Å². The molecule has 208 valence electrons. The monoisotopic (exact) mass is 546 g/mol. The van der Waals surface area contributed by atoms with Crippen molar-refractivity contribution < 1.29 is 19.0 Å².